The van der Waals surface area contributed by atoms with Gasteiger partial charge in [0, 0.05) is 29.0 Å². The number of aromatic nitrogens is 2. The molecule has 1 aliphatic rings. The van der Waals surface area contributed by atoms with Gasteiger partial charge in [0.05, 0.1) is 35.5 Å². The first kappa shape index (κ1) is 23.5. The van der Waals surface area contributed by atoms with Gasteiger partial charge in [-0.1, -0.05) is 12.6 Å². The third-order valence-electron chi connectivity index (χ3n) is 6.50. The average molecular weight is 469 g/mol. The Morgan fingerprint density at radius 2 is 2.00 bits per heavy atom. The van der Waals surface area contributed by atoms with Gasteiger partial charge in [0.1, 0.15) is 11.9 Å². The number of ether oxygens (including phenoxy) is 2. The summed E-state index contributed by atoms with van der Waals surface area (Å²) < 4.78 is 12.4. The van der Waals surface area contributed by atoms with Gasteiger partial charge in [0.25, 0.3) is 0 Å². The number of nitrogens with zero attached hydrogens (tertiary/aromatic N) is 2. The second-order valence-corrected chi connectivity index (χ2v) is 10.3. The van der Waals surface area contributed by atoms with Crippen LogP contribution in [0.15, 0.2) is 49.2 Å². The smallest absolute Gasteiger partial charge is 0.129 e. The molecule has 35 heavy (non-hydrogen) atoms. The van der Waals surface area contributed by atoms with Gasteiger partial charge in [-0.2, -0.15) is 0 Å². The van der Waals surface area contributed by atoms with E-state index in [0.717, 1.165) is 67.5 Å². The zero-order valence-corrected chi connectivity index (χ0v) is 21.1. The summed E-state index contributed by atoms with van der Waals surface area (Å²) in [5.41, 5.74) is 8.31. The van der Waals surface area contributed by atoms with E-state index in [-0.39, 0.29) is 6.61 Å². The normalized spacial score (nSPS) is 14.2. The van der Waals surface area contributed by atoms with Gasteiger partial charge in [-0.25, -0.2) is 4.98 Å². The molecule has 0 bridgehead atoms. The van der Waals surface area contributed by atoms with Gasteiger partial charge in [-0.15, -0.1) is 0 Å². The first-order valence-corrected chi connectivity index (χ1v) is 12.1. The van der Waals surface area contributed by atoms with Crippen molar-refractivity contribution in [2.75, 3.05) is 13.2 Å². The highest BCUT2D eigenvalue weighted by Gasteiger charge is 2.28. The minimum Gasteiger partial charge on any atom is -0.493 e. The van der Waals surface area contributed by atoms with Crippen LogP contribution in [0.5, 0.6) is 5.75 Å². The van der Waals surface area contributed by atoms with Crippen LogP contribution in [-0.4, -0.2) is 33.9 Å². The fourth-order valence-electron chi connectivity index (χ4n) is 5.08. The summed E-state index contributed by atoms with van der Waals surface area (Å²) in [5, 5.41) is 12.5. The molecule has 1 atom stereocenters. The first-order chi connectivity index (χ1) is 16.7. The number of hydrogen-bond acceptors (Lipinski definition) is 5. The van der Waals surface area contributed by atoms with Crippen molar-refractivity contribution in [2.24, 2.45) is 0 Å². The lowest BCUT2D eigenvalue weighted by Crippen LogP contribution is -2.25. The highest BCUT2D eigenvalue weighted by atomic mass is 16.5. The zero-order valence-electron chi connectivity index (χ0n) is 21.1. The molecule has 5 heteroatoms. The second kappa shape index (κ2) is 8.74. The number of fused-ring (bicyclic) bond motifs is 1. The summed E-state index contributed by atoms with van der Waals surface area (Å²) in [6.07, 6.45) is 2.23. The summed E-state index contributed by atoms with van der Waals surface area (Å²) in [6.45, 7) is 14.7. The molecule has 0 fully saturated rings. The van der Waals surface area contributed by atoms with E-state index in [1.807, 2.05) is 46.0 Å². The molecule has 0 aliphatic carbocycles. The minimum absolute atomic E-state index is 0.133. The lowest BCUT2D eigenvalue weighted by atomic mass is 9.86. The van der Waals surface area contributed by atoms with Crippen LogP contribution in [0.25, 0.3) is 38.5 Å². The molecule has 0 spiro atoms. The zero-order chi connectivity index (χ0) is 24.9. The number of allylic oxidation sites excluding steroid dienone is 1. The molecule has 0 saturated carbocycles. The van der Waals surface area contributed by atoms with Crippen molar-refractivity contribution < 1.29 is 14.6 Å². The van der Waals surface area contributed by atoms with Crippen LogP contribution in [0.3, 0.4) is 0 Å². The van der Waals surface area contributed by atoms with Crippen LogP contribution in [0.4, 0.5) is 0 Å². The molecule has 0 radical (unpaired) electrons. The molecule has 2 aromatic carbocycles. The number of pyridine rings is 2. The maximum absolute atomic E-state index is 10.5. The largest absolute Gasteiger partial charge is 0.493 e. The van der Waals surface area contributed by atoms with Crippen molar-refractivity contribution >= 4 is 27.4 Å². The number of rotatable bonds is 5. The van der Waals surface area contributed by atoms with Crippen LogP contribution in [0.1, 0.15) is 56.2 Å². The van der Waals surface area contributed by atoms with Crippen molar-refractivity contribution in [3.05, 3.63) is 71.6 Å². The first-order valence-electron chi connectivity index (χ1n) is 12.1. The molecule has 5 rings (SSSR count). The topological polar surface area (TPSA) is 64.5 Å². The van der Waals surface area contributed by atoms with Crippen LogP contribution in [0.2, 0.25) is 0 Å². The average Bonchev–Trinajstić information content (AvgIpc) is 2.82. The van der Waals surface area contributed by atoms with E-state index >= 15 is 0 Å². The second-order valence-electron chi connectivity index (χ2n) is 10.3. The highest BCUT2D eigenvalue weighted by molar-refractivity contribution is 6.07. The summed E-state index contributed by atoms with van der Waals surface area (Å²) in [7, 11) is 0. The SMILES string of the molecule is C=C(C)c1ccc2c(-c3ccc4c5c(ccnc35)CCO4)c([C@@H](CO)OC(C)(C)C)c(C)cc2n1. The number of aliphatic hydroxyl groups excluding tert-OH is 1. The fraction of sp³-hybridized carbons (Fsp3) is 0.333. The number of benzene rings is 2. The molecule has 5 nitrogen and oxygen atoms in total. The Hall–Kier alpha value is -3.28. The predicted octanol–water partition coefficient (Wildman–Crippen LogP) is 6.57. The third kappa shape index (κ3) is 4.19. The van der Waals surface area contributed by atoms with E-state index < -0.39 is 11.7 Å². The molecule has 1 N–H and O–H groups in total. The molecule has 1 aliphatic heterocycles. The Balaban J connectivity index is 1.89. The molecule has 2 aromatic heterocycles. The Morgan fingerprint density at radius 1 is 1.20 bits per heavy atom. The van der Waals surface area contributed by atoms with E-state index in [2.05, 4.69) is 37.8 Å². The number of aliphatic hydroxyl groups is 1. The minimum atomic E-state index is -0.503. The third-order valence-corrected chi connectivity index (χ3v) is 6.50. The van der Waals surface area contributed by atoms with Crippen molar-refractivity contribution in [3.63, 3.8) is 0 Å². The Bertz CT molecular complexity index is 1460. The quantitative estimate of drug-likeness (QED) is 0.359. The van der Waals surface area contributed by atoms with E-state index in [4.69, 9.17) is 19.4 Å². The molecule has 0 saturated heterocycles. The molecule has 180 valence electrons. The monoisotopic (exact) mass is 468 g/mol. The molecule has 0 amide bonds. The summed E-state index contributed by atoms with van der Waals surface area (Å²) in [6, 6.07) is 12.4. The Labute approximate surface area is 206 Å². The van der Waals surface area contributed by atoms with Crippen LogP contribution in [0, 0.1) is 6.92 Å². The van der Waals surface area contributed by atoms with E-state index in [1.165, 1.54) is 5.56 Å². The van der Waals surface area contributed by atoms with E-state index in [1.54, 1.807) is 0 Å². The summed E-state index contributed by atoms with van der Waals surface area (Å²) in [5.74, 6) is 0.865. The van der Waals surface area contributed by atoms with Gasteiger partial charge in [-0.3, -0.25) is 4.98 Å². The van der Waals surface area contributed by atoms with Crippen LogP contribution < -0.4 is 4.74 Å². The van der Waals surface area contributed by atoms with Crippen molar-refractivity contribution in [1.29, 1.82) is 0 Å². The molecule has 4 aromatic rings. The number of hydrogen-bond donors (Lipinski definition) is 1. The van der Waals surface area contributed by atoms with Crippen molar-refractivity contribution in [1.82, 2.24) is 9.97 Å². The van der Waals surface area contributed by atoms with Crippen LogP contribution in [-0.2, 0) is 11.2 Å². The van der Waals surface area contributed by atoms with Gasteiger partial charge >= 0.3 is 0 Å². The maximum atomic E-state index is 10.5. The standard InChI is InChI=1S/C30H32N2O3/c1-17(2)22-9-7-20-23(32-22)15-18(3)26(25(16-33)35-30(4,5)6)28(20)21-8-10-24-27-19(12-14-34-24)11-13-31-29(21)27/h7-11,13,15,25,33H,1,12,14,16H2,2-6H3/t25-/m1/s1. The fourth-order valence-corrected chi connectivity index (χ4v) is 5.08. The van der Waals surface area contributed by atoms with E-state index in [0.29, 0.717) is 6.61 Å². The lowest BCUT2D eigenvalue weighted by molar-refractivity contribution is -0.0821. The van der Waals surface area contributed by atoms with Crippen LogP contribution >= 0.6 is 0 Å². The Morgan fingerprint density at radius 3 is 2.71 bits per heavy atom. The lowest BCUT2D eigenvalue weighted by Gasteiger charge is -2.30. The van der Waals surface area contributed by atoms with Gasteiger partial charge in [0.2, 0.25) is 0 Å². The van der Waals surface area contributed by atoms with Gasteiger partial charge in [0.15, 0.2) is 0 Å². The molecule has 3 heterocycles. The molecule has 0 unspecified atom stereocenters. The predicted molar refractivity (Wildman–Crippen MR) is 142 cm³/mol. The highest BCUT2D eigenvalue weighted by Crippen LogP contribution is 2.44. The van der Waals surface area contributed by atoms with Gasteiger partial charge < -0.3 is 14.6 Å². The summed E-state index contributed by atoms with van der Waals surface area (Å²) in [4.78, 5) is 9.74. The summed E-state index contributed by atoms with van der Waals surface area (Å²) >= 11 is 0. The van der Waals surface area contributed by atoms with Gasteiger partial charge in [-0.05, 0) is 92.8 Å². The molecular formula is C30H32N2O3. The Kier molecular flexibility index (Phi) is 5.86. The number of aryl methyl sites for hydroxylation is 1. The maximum Gasteiger partial charge on any atom is 0.129 e. The van der Waals surface area contributed by atoms with Crippen molar-refractivity contribution in [3.8, 4) is 16.9 Å². The molecular weight excluding hydrogens is 436 g/mol. The van der Waals surface area contributed by atoms with E-state index in [9.17, 15) is 5.11 Å². The van der Waals surface area contributed by atoms with Crippen molar-refractivity contribution in [2.45, 2.75) is 52.7 Å².